The quantitative estimate of drug-likeness (QED) is 0.661. The minimum atomic E-state index is 0.126. The number of Topliss-reactive ketones (excluding diaryl/α,β-unsaturated/α-hetero) is 1. The fraction of sp³-hybridized carbons (Fsp3) is 0.714. The first-order chi connectivity index (χ1) is 9.63. The molecule has 0 amide bonds. The van der Waals surface area contributed by atoms with E-state index in [0.29, 0.717) is 37.7 Å². The lowest BCUT2D eigenvalue weighted by molar-refractivity contribution is 0.0957. The molecule has 1 aromatic rings. The lowest BCUT2D eigenvalue weighted by atomic mass is 9.95. The van der Waals surface area contributed by atoms with E-state index in [1.807, 2.05) is 0 Å². The molecule has 5 nitrogen and oxygen atoms in total. The SMILES string of the molecule is CCC(CCN)CCC(=O)c1c(Br)cnn1CCOC. The second-order valence-electron chi connectivity index (χ2n) is 4.87. The maximum absolute atomic E-state index is 12.4. The molecule has 0 saturated heterocycles. The van der Waals surface area contributed by atoms with E-state index in [-0.39, 0.29) is 5.78 Å². The molecule has 1 aromatic heterocycles. The zero-order valence-electron chi connectivity index (χ0n) is 12.3. The Balaban J connectivity index is 2.64. The molecular formula is C14H24BrN3O2. The van der Waals surface area contributed by atoms with Gasteiger partial charge in [-0.3, -0.25) is 9.48 Å². The van der Waals surface area contributed by atoms with Gasteiger partial charge in [-0.05, 0) is 41.2 Å². The van der Waals surface area contributed by atoms with Crippen molar-refractivity contribution in [3.63, 3.8) is 0 Å². The highest BCUT2D eigenvalue weighted by Gasteiger charge is 2.18. The Morgan fingerprint density at radius 3 is 2.90 bits per heavy atom. The summed E-state index contributed by atoms with van der Waals surface area (Å²) in [4.78, 5) is 12.4. The van der Waals surface area contributed by atoms with Gasteiger partial charge in [0.05, 0.1) is 23.8 Å². The Hall–Kier alpha value is -0.720. The van der Waals surface area contributed by atoms with Crippen molar-refractivity contribution in [3.05, 3.63) is 16.4 Å². The number of hydrogen-bond donors (Lipinski definition) is 1. The molecule has 20 heavy (non-hydrogen) atoms. The van der Waals surface area contributed by atoms with Crippen LogP contribution in [0, 0.1) is 5.92 Å². The smallest absolute Gasteiger partial charge is 0.182 e. The van der Waals surface area contributed by atoms with Crippen LogP contribution in [0.25, 0.3) is 0 Å². The lowest BCUT2D eigenvalue weighted by Crippen LogP contribution is -2.15. The average Bonchev–Trinajstić information content (AvgIpc) is 2.81. The maximum atomic E-state index is 12.4. The predicted octanol–water partition coefficient (Wildman–Crippen LogP) is 2.63. The Kier molecular flexibility index (Phi) is 8.02. The van der Waals surface area contributed by atoms with Gasteiger partial charge in [-0.2, -0.15) is 5.10 Å². The number of nitrogens with two attached hydrogens (primary N) is 1. The van der Waals surface area contributed by atoms with Crippen LogP contribution in [0.4, 0.5) is 0 Å². The molecule has 0 aliphatic carbocycles. The van der Waals surface area contributed by atoms with Crippen LogP contribution in [0.5, 0.6) is 0 Å². The number of methoxy groups -OCH3 is 1. The Morgan fingerprint density at radius 2 is 2.30 bits per heavy atom. The molecule has 1 rings (SSSR count). The Bertz CT molecular complexity index is 421. The van der Waals surface area contributed by atoms with Crippen LogP contribution in [0.3, 0.4) is 0 Å². The van der Waals surface area contributed by atoms with Crippen LogP contribution >= 0.6 is 15.9 Å². The Labute approximate surface area is 129 Å². The van der Waals surface area contributed by atoms with E-state index >= 15 is 0 Å². The molecule has 1 atom stereocenters. The average molecular weight is 346 g/mol. The van der Waals surface area contributed by atoms with Crippen LogP contribution in [-0.4, -0.2) is 35.8 Å². The Morgan fingerprint density at radius 1 is 1.55 bits per heavy atom. The molecule has 0 aromatic carbocycles. The molecule has 0 saturated carbocycles. The van der Waals surface area contributed by atoms with Crippen LogP contribution < -0.4 is 5.73 Å². The zero-order valence-corrected chi connectivity index (χ0v) is 13.9. The summed E-state index contributed by atoms with van der Waals surface area (Å²) in [5.74, 6) is 0.652. The molecule has 114 valence electrons. The second-order valence-corrected chi connectivity index (χ2v) is 5.72. The lowest BCUT2D eigenvalue weighted by Gasteiger charge is -2.13. The number of halogens is 1. The van der Waals surface area contributed by atoms with E-state index in [1.165, 1.54) is 0 Å². The highest BCUT2D eigenvalue weighted by Crippen LogP contribution is 2.21. The van der Waals surface area contributed by atoms with Gasteiger partial charge in [0, 0.05) is 13.5 Å². The van der Waals surface area contributed by atoms with E-state index in [0.717, 1.165) is 23.7 Å². The summed E-state index contributed by atoms with van der Waals surface area (Å²) < 4.78 is 7.50. The minimum Gasteiger partial charge on any atom is -0.383 e. The van der Waals surface area contributed by atoms with Crippen molar-refractivity contribution in [2.45, 2.75) is 39.2 Å². The summed E-state index contributed by atoms with van der Waals surface area (Å²) in [5, 5.41) is 4.21. The maximum Gasteiger partial charge on any atom is 0.182 e. The first kappa shape index (κ1) is 17.3. The molecule has 0 fully saturated rings. The van der Waals surface area contributed by atoms with Crippen molar-refractivity contribution in [1.82, 2.24) is 9.78 Å². The number of carbonyl (C=O) groups is 1. The van der Waals surface area contributed by atoms with Gasteiger partial charge in [-0.15, -0.1) is 0 Å². The highest BCUT2D eigenvalue weighted by atomic mass is 79.9. The van der Waals surface area contributed by atoms with Gasteiger partial charge in [-0.1, -0.05) is 13.3 Å². The fourth-order valence-electron chi connectivity index (χ4n) is 2.23. The van der Waals surface area contributed by atoms with Gasteiger partial charge in [0.1, 0.15) is 5.69 Å². The number of hydrogen-bond acceptors (Lipinski definition) is 4. The van der Waals surface area contributed by atoms with Crippen LogP contribution in [0.15, 0.2) is 10.7 Å². The molecular weight excluding hydrogens is 322 g/mol. The van der Waals surface area contributed by atoms with Gasteiger partial charge in [-0.25, -0.2) is 0 Å². The third kappa shape index (κ3) is 5.00. The largest absolute Gasteiger partial charge is 0.383 e. The van der Waals surface area contributed by atoms with Crippen molar-refractivity contribution in [1.29, 1.82) is 0 Å². The highest BCUT2D eigenvalue weighted by molar-refractivity contribution is 9.10. The molecule has 0 radical (unpaired) electrons. The summed E-state index contributed by atoms with van der Waals surface area (Å²) in [5.41, 5.74) is 6.23. The summed E-state index contributed by atoms with van der Waals surface area (Å²) >= 11 is 3.40. The third-order valence-corrected chi connectivity index (χ3v) is 4.08. The van der Waals surface area contributed by atoms with Crippen molar-refractivity contribution in [3.8, 4) is 0 Å². The van der Waals surface area contributed by atoms with Gasteiger partial charge < -0.3 is 10.5 Å². The molecule has 0 bridgehead atoms. The molecule has 1 heterocycles. The van der Waals surface area contributed by atoms with E-state index in [2.05, 4.69) is 28.0 Å². The third-order valence-electron chi connectivity index (χ3n) is 3.50. The van der Waals surface area contributed by atoms with Crippen LogP contribution in [-0.2, 0) is 11.3 Å². The molecule has 1 unspecified atom stereocenters. The summed E-state index contributed by atoms with van der Waals surface area (Å²) in [6.45, 7) is 3.95. The summed E-state index contributed by atoms with van der Waals surface area (Å²) in [6, 6.07) is 0. The van der Waals surface area contributed by atoms with Crippen LogP contribution in [0.1, 0.15) is 43.1 Å². The van der Waals surface area contributed by atoms with Crippen molar-refractivity contribution < 1.29 is 9.53 Å². The number of ether oxygens (including phenoxy) is 1. The van der Waals surface area contributed by atoms with E-state index in [4.69, 9.17) is 10.5 Å². The fourth-order valence-corrected chi connectivity index (χ4v) is 2.75. The second kappa shape index (κ2) is 9.26. The van der Waals surface area contributed by atoms with Crippen molar-refractivity contribution >= 4 is 21.7 Å². The van der Waals surface area contributed by atoms with E-state index in [1.54, 1.807) is 18.0 Å². The zero-order chi connectivity index (χ0) is 15.0. The molecule has 6 heteroatoms. The number of rotatable bonds is 10. The number of carbonyl (C=O) groups excluding carboxylic acids is 1. The molecule has 2 N–H and O–H groups in total. The van der Waals surface area contributed by atoms with Crippen LogP contribution in [0.2, 0.25) is 0 Å². The number of ketones is 1. The first-order valence-electron chi connectivity index (χ1n) is 7.07. The van der Waals surface area contributed by atoms with Gasteiger partial charge in [0.25, 0.3) is 0 Å². The van der Waals surface area contributed by atoms with Crippen molar-refractivity contribution in [2.75, 3.05) is 20.3 Å². The molecule has 0 aliphatic heterocycles. The molecule has 0 spiro atoms. The number of aromatic nitrogens is 2. The van der Waals surface area contributed by atoms with Gasteiger partial charge in [0.15, 0.2) is 5.78 Å². The normalized spacial score (nSPS) is 12.6. The standard InChI is InChI=1S/C14H24BrN3O2/c1-3-11(6-7-16)4-5-13(19)14-12(15)10-17-18(14)8-9-20-2/h10-11H,3-9,16H2,1-2H3. The van der Waals surface area contributed by atoms with E-state index in [9.17, 15) is 4.79 Å². The topological polar surface area (TPSA) is 70.1 Å². The van der Waals surface area contributed by atoms with Crippen molar-refractivity contribution in [2.24, 2.45) is 11.7 Å². The number of nitrogens with zero attached hydrogens (tertiary/aromatic N) is 2. The predicted molar refractivity (Wildman–Crippen MR) is 82.8 cm³/mol. The summed E-state index contributed by atoms with van der Waals surface area (Å²) in [6.07, 6.45) is 5.13. The first-order valence-corrected chi connectivity index (χ1v) is 7.86. The minimum absolute atomic E-state index is 0.126. The monoisotopic (exact) mass is 345 g/mol. The van der Waals surface area contributed by atoms with Gasteiger partial charge >= 0.3 is 0 Å². The van der Waals surface area contributed by atoms with Gasteiger partial charge in [0.2, 0.25) is 0 Å². The summed E-state index contributed by atoms with van der Waals surface area (Å²) in [7, 11) is 1.64. The molecule has 0 aliphatic rings. The van der Waals surface area contributed by atoms with E-state index < -0.39 is 0 Å².